The molecule has 11 heteroatoms. The van der Waals surface area contributed by atoms with Gasteiger partial charge in [0.1, 0.15) is 17.6 Å². The number of rotatable bonds is 6. The van der Waals surface area contributed by atoms with Gasteiger partial charge < -0.3 is 26.0 Å². The summed E-state index contributed by atoms with van der Waals surface area (Å²) in [6, 6.07) is 11.4. The van der Waals surface area contributed by atoms with Crippen LogP contribution >= 0.6 is 11.6 Å². The highest BCUT2D eigenvalue weighted by Gasteiger charge is 2.63. The molecule has 0 aliphatic carbocycles. The number of anilines is 3. The van der Waals surface area contributed by atoms with E-state index >= 15 is 4.39 Å². The zero-order chi connectivity index (χ0) is 30.6. The fourth-order valence-corrected chi connectivity index (χ4v) is 6.33. The molecule has 0 bridgehead atoms. The Morgan fingerprint density at radius 2 is 1.88 bits per heavy atom. The van der Waals surface area contributed by atoms with Gasteiger partial charge in [0.25, 0.3) is 0 Å². The first-order valence-electron chi connectivity index (χ1n) is 13.4. The number of amides is 3. The molecule has 2 aliphatic heterocycles. The van der Waals surface area contributed by atoms with Crippen LogP contribution in [0.15, 0.2) is 54.6 Å². The summed E-state index contributed by atoms with van der Waals surface area (Å²) >= 11 is 6.21. The number of hydrogen-bond donors (Lipinski definition) is 3. The SMILES string of the molecule is COc1cc(C(N)=O)ccc1NC(=O)C1CC2(C(=O)Nc3c(F)cccc32)C(CC(C)(C)C)N1c1cccc(Cl)c1F. The minimum atomic E-state index is -1.39. The Bertz CT molecular complexity index is 1610. The van der Waals surface area contributed by atoms with E-state index in [1.807, 2.05) is 20.8 Å². The molecule has 0 saturated carbocycles. The van der Waals surface area contributed by atoms with Crippen molar-refractivity contribution in [1.29, 1.82) is 0 Å². The number of fused-ring (bicyclic) bond motifs is 2. The summed E-state index contributed by atoms with van der Waals surface area (Å²) in [7, 11) is 1.38. The summed E-state index contributed by atoms with van der Waals surface area (Å²) in [5.41, 5.74) is 4.55. The number of carbonyl (C=O) groups is 3. The molecule has 3 aromatic rings. The van der Waals surface area contributed by atoms with Gasteiger partial charge in [0.05, 0.1) is 34.6 Å². The van der Waals surface area contributed by atoms with Crippen molar-refractivity contribution in [3.05, 3.63) is 82.4 Å². The number of nitrogens with one attached hydrogen (secondary N) is 2. The largest absolute Gasteiger partial charge is 0.495 e. The molecule has 42 heavy (non-hydrogen) atoms. The zero-order valence-corrected chi connectivity index (χ0v) is 24.3. The first kappa shape index (κ1) is 29.3. The van der Waals surface area contributed by atoms with Crippen LogP contribution in [0, 0.1) is 17.0 Å². The van der Waals surface area contributed by atoms with E-state index in [1.165, 1.54) is 49.6 Å². The number of halogens is 3. The normalized spacial score (nSPS) is 21.3. The van der Waals surface area contributed by atoms with Gasteiger partial charge in [-0.2, -0.15) is 0 Å². The van der Waals surface area contributed by atoms with Gasteiger partial charge in [-0.25, -0.2) is 8.78 Å². The van der Waals surface area contributed by atoms with Gasteiger partial charge in [0, 0.05) is 11.6 Å². The molecule has 0 radical (unpaired) electrons. The molecule has 1 spiro atoms. The van der Waals surface area contributed by atoms with Crippen molar-refractivity contribution >= 4 is 46.4 Å². The third kappa shape index (κ3) is 4.83. The Kier molecular flexibility index (Phi) is 7.39. The number of carbonyl (C=O) groups excluding carboxylic acids is 3. The topological polar surface area (TPSA) is 114 Å². The third-order valence-corrected chi connectivity index (χ3v) is 8.25. The van der Waals surface area contributed by atoms with Crippen LogP contribution < -0.4 is 26.0 Å². The van der Waals surface area contributed by atoms with Crippen molar-refractivity contribution < 1.29 is 27.9 Å². The Labute approximate surface area is 247 Å². The van der Waals surface area contributed by atoms with E-state index in [0.29, 0.717) is 12.0 Å². The molecular formula is C31H31ClF2N4O4. The fraction of sp³-hybridized carbons (Fsp3) is 0.323. The lowest BCUT2D eigenvalue weighted by molar-refractivity contribution is -0.121. The Morgan fingerprint density at radius 3 is 2.55 bits per heavy atom. The summed E-state index contributed by atoms with van der Waals surface area (Å²) in [4.78, 5) is 41.4. The second kappa shape index (κ2) is 10.6. The fourth-order valence-electron chi connectivity index (χ4n) is 6.16. The van der Waals surface area contributed by atoms with Crippen LogP contribution in [0.1, 0.15) is 49.5 Å². The molecular weight excluding hydrogens is 566 g/mol. The van der Waals surface area contributed by atoms with E-state index in [4.69, 9.17) is 22.1 Å². The smallest absolute Gasteiger partial charge is 0.248 e. The van der Waals surface area contributed by atoms with E-state index in [-0.39, 0.29) is 45.2 Å². The Balaban J connectivity index is 1.69. The standard InChI is InChI=1S/C31H31ClF2N4O4/c1-30(2,3)15-24-31(17-7-5-9-19(33)26(17)37-29(31)41)14-22(38(24)21-10-6-8-18(32)25(21)34)28(40)36-20-12-11-16(27(35)39)13-23(20)42-4/h5-13,22,24H,14-15H2,1-4H3,(H2,35,39)(H,36,40)(H,37,41). The van der Waals surface area contributed by atoms with Gasteiger partial charge in [-0.15, -0.1) is 0 Å². The number of methoxy groups -OCH3 is 1. The number of primary amides is 1. The van der Waals surface area contributed by atoms with E-state index < -0.39 is 46.9 Å². The van der Waals surface area contributed by atoms with Crippen LogP contribution in [-0.2, 0) is 15.0 Å². The van der Waals surface area contributed by atoms with Crippen LogP contribution in [0.25, 0.3) is 0 Å². The monoisotopic (exact) mass is 596 g/mol. The summed E-state index contributed by atoms with van der Waals surface area (Å²) < 4.78 is 36.1. The number of benzene rings is 3. The van der Waals surface area contributed by atoms with Crippen molar-refractivity contribution in [3.8, 4) is 5.75 Å². The molecule has 3 amide bonds. The number of para-hydroxylation sites is 1. The number of hydrogen-bond acceptors (Lipinski definition) is 5. The summed E-state index contributed by atoms with van der Waals surface area (Å²) in [6.45, 7) is 5.93. The lowest BCUT2D eigenvalue weighted by Crippen LogP contribution is -2.50. The van der Waals surface area contributed by atoms with E-state index in [0.717, 1.165) is 0 Å². The highest BCUT2D eigenvalue weighted by Crippen LogP contribution is 2.55. The van der Waals surface area contributed by atoms with Crippen LogP contribution in [-0.4, -0.2) is 36.9 Å². The van der Waals surface area contributed by atoms with Gasteiger partial charge in [-0.1, -0.05) is 50.6 Å². The van der Waals surface area contributed by atoms with E-state index in [2.05, 4.69) is 10.6 Å². The molecule has 2 heterocycles. The molecule has 0 aromatic heterocycles. The Morgan fingerprint density at radius 1 is 1.17 bits per heavy atom. The molecule has 1 fully saturated rings. The predicted octanol–water partition coefficient (Wildman–Crippen LogP) is 5.64. The lowest BCUT2D eigenvalue weighted by atomic mass is 9.69. The first-order chi connectivity index (χ1) is 19.8. The summed E-state index contributed by atoms with van der Waals surface area (Å²) in [5, 5.41) is 5.38. The molecule has 220 valence electrons. The van der Waals surface area contributed by atoms with Crippen LogP contribution in [0.2, 0.25) is 5.02 Å². The number of ether oxygens (including phenoxy) is 1. The molecule has 2 aliphatic rings. The van der Waals surface area contributed by atoms with Gasteiger partial charge >= 0.3 is 0 Å². The van der Waals surface area contributed by atoms with Crippen molar-refractivity contribution in [2.24, 2.45) is 11.1 Å². The highest BCUT2D eigenvalue weighted by molar-refractivity contribution is 6.31. The lowest BCUT2D eigenvalue weighted by Gasteiger charge is -2.40. The average Bonchev–Trinajstić information content (AvgIpc) is 3.40. The number of nitrogens with two attached hydrogens (primary N) is 1. The minimum Gasteiger partial charge on any atom is -0.495 e. The zero-order valence-electron chi connectivity index (χ0n) is 23.6. The van der Waals surface area contributed by atoms with Crippen LogP contribution in [0.4, 0.5) is 25.8 Å². The van der Waals surface area contributed by atoms with Crippen LogP contribution in [0.3, 0.4) is 0 Å². The third-order valence-electron chi connectivity index (χ3n) is 7.96. The molecule has 4 N–H and O–H groups in total. The van der Waals surface area contributed by atoms with Gasteiger partial charge in [-0.05, 0) is 60.2 Å². The molecule has 5 rings (SSSR count). The van der Waals surface area contributed by atoms with Crippen molar-refractivity contribution in [2.45, 2.75) is 51.1 Å². The average molecular weight is 597 g/mol. The maximum atomic E-state index is 15.8. The Hall–Kier alpha value is -4.18. The molecule has 3 unspecified atom stereocenters. The maximum absolute atomic E-state index is 15.8. The quantitative estimate of drug-likeness (QED) is 0.341. The highest BCUT2D eigenvalue weighted by atomic mass is 35.5. The minimum absolute atomic E-state index is 0.0440. The van der Waals surface area contributed by atoms with Crippen LogP contribution in [0.5, 0.6) is 5.75 Å². The summed E-state index contributed by atoms with van der Waals surface area (Å²) in [6.07, 6.45) is 0.276. The first-order valence-corrected chi connectivity index (χ1v) is 13.8. The van der Waals surface area contributed by atoms with Crippen molar-refractivity contribution in [3.63, 3.8) is 0 Å². The van der Waals surface area contributed by atoms with Crippen molar-refractivity contribution in [1.82, 2.24) is 0 Å². The second-order valence-electron chi connectivity index (χ2n) is 11.8. The molecule has 8 nitrogen and oxygen atoms in total. The van der Waals surface area contributed by atoms with Crippen molar-refractivity contribution in [2.75, 3.05) is 22.6 Å². The maximum Gasteiger partial charge on any atom is 0.248 e. The molecule has 3 aromatic carbocycles. The van der Waals surface area contributed by atoms with E-state index in [9.17, 15) is 18.8 Å². The predicted molar refractivity (Wildman–Crippen MR) is 157 cm³/mol. The van der Waals surface area contributed by atoms with Gasteiger partial charge in [0.2, 0.25) is 17.7 Å². The summed E-state index contributed by atoms with van der Waals surface area (Å²) in [5.74, 6) is -2.86. The van der Waals surface area contributed by atoms with Gasteiger partial charge in [0.15, 0.2) is 5.82 Å². The second-order valence-corrected chi connectivity index (χ2v) is 12.2. The van der Waals surface area contributed by atoms with E-state index in [1.54, 1.807) is 17.0 Å². The molecule has 1 saturated heterocycles. The molecule has 3 atom stereocenters. The number of nitrogens with zero attached hydrogens (tertiary/aromatic N) is 1. The van der Waals surface area contributed by atoms with Gasteiger partial charge in [-0.3, -0.25) is 14.4 Å².